The molecule has 1 atom stereocenters. The zero-order valence-corrected chi connectivity index (χ0v) is 11.8. The van der Waals surface area contributed by atoms with Crippen molar-refractivity contribution in [2.45, 2.75) is 39.2 Å². The van der Waals surface area contributed by atoms with E-state index in [0.29, 0.717) is 0 Å². The maximum Gasteiger partial charge on any atom is 0.0207 e. The molecule has 0 bridgehead atoms. The maximum absolute atomic E-state index is 3.63. The first-order chi connectivity index (χ1) is 8.79. The molecule has 1 aliphatic rings. The average Bonchev–Trinajstić information content (AvgIpc) is 2.83. The van der Waals surface area contributed by atoms with Crippen LogP contribution in [0.4, 0.5) is 0 Å². The molecular formula is C16H26N2. The first-order valence-electron chi connectivity index (χ1n) is 7.30. The minimum Gasteiger partial charge on any atom is -0.313 e. The molecule has 1 heterocycles. The monoisotopic (exact) mass is 246 g/mol. The van der Waals surface area contributed by atoms with E-state index in [4.69, 9.17) is 0 Å². The van der Waals surface area contributed by atoms with Crippen molar-refractivity contribution in [2.24, 2.45) is 0 Å². The van der Waals surface area contributed by atoms with Crippen LogP contribution in [-0.2, 0) is 6.42 Å². The molecule has 1 aromatic rings. The number of nitrogens with zero attached hydrogens (tertiary/aromatic N) is 1. The lowest BCUT2D eigenvalue weighted by Crippen LogP contribution is -2.33. The second-order valence-corrected chi connectivity index (χ2v) is 5.42. The van der Waals surface area contributed by atoms with Crippen LogP contribution in [0.15, 0.2) is 24.3 Å². The van der Waals surface area contributed by atoms with Gasteiger partial charge in [-0.25, -0.2) is 0 Å². The minimum atomic E-state index is 0.724. The summed E-state index contributed by atoms with van der Waals surface area (Å²) in [6.07, 6.45) is 3.74. The van der Waals surface area contributed by atoms with Crippen LogP contribution in [0.25, 0.3) is 0 Å². The number of benzene rings is 1. The van der Waals surface area contributed by atoms with Crippen molar-refractivity contribution < 1.29 is 0 Å². The first kappa shape index (κ1) is 13.6. The molecule has 100 valence electrons. The molecule has 1 fully saturated rings. The fraction of sp³-hybridized carbons (Fsp3) is 0.625. The van der Waals surface area contributed by atoms with E-state index in [1.807, 2.05) is 0 Å². The Labute approximate surface area is 111 Å². The van der Waals surface area contributed by atoms with Gasteiger partial charge in [0.25, 0.3) is 0 Å². The van der Waals surface area contributed by atoms with E-state index in [9.17, 15) is 0 Å². The molecule has 0 aliphatic carbocycles. The van der Waals surface area contributed by atoms with Crippen LogP contribution < -0.4 is 5.32 Å². The third-order valence-corrected chi connectivity index (χ3v) is 3.91. The van der Waals surface area contributed by atoms with Crippen molar-refractivity contribution in [3.63, 3.8) is 0 Å². The summed E-state index contributed by atoms with van der Waals surface area (Å²) in [6, 6.07) is 9.47. The van der Waals surface area contributed by atoms with Crippen LogP contribution in [0.2, 0.25) is 0 Å². The van der Waals surface area contributed by atoms with Crippen molar-refractivity contribution in [1.29, 1.82) is 0 Å². The molecule has 1 unspecified atom stereocenters. The second kappa shape index (κ2) is 6.91. The molecule has 2 nitrogen and oxygen atoms in total. The third-order valence-electron chi connectivity index (χ3n) is 3.91. The molecule has 1 aliphatic heterocycles. The molecule has 18 heavy (non-hydrogen) atoms. The zero-order chi connectivity index (χ0) is 12.8. The Bertz CT molecular complexity index is 362. The maximum atomic E-state index is 3.63. The van der Waals surface area contributed by atoms with E-state index in [2.05, 4.69) is 48.3 Å². The highest BCUT2D eigenvalue weighted by Gasteiger charge is 2.21. The van der Waals surface area contributed by atoms with Crippen LogP contribution in [-0.4, -0.2) is 37.1 Å². The van der Waals surface area contributed by atoms with Crippen LogP contribution in [0.3, 0.4) is 0 Å². The van der Waals surface area contributed by atoms with E-state index >= 15 is 0 Å². The van der Waals surface area contributed by atoms with Gasteiger partial charge in [0, 0.05) is 19.1 Å². The van der Waals surface area contributed by atoms with Crippen molar-refractivity contribution >= 4 is 0 Å². The number of rotatable bonds is 6. The van der Waals surface area contributed by atoms with Gasteiger partial charge in [-0.05, 0) is 50.4 Å². The molecule has 0 amide bonds. The summed E-state index contributed by atoms with van der Waals surface area (Å²) in [6.45, 7) is 9.30. The van der Waals surface area contributed by atoms with Crippen LogP contribution in [0.5, 0.6) is 0 Å². The van der Waals surface area contributed by atoms with Gasteiger partial charge in [-0.2, -0.15) is 0 Å². The number of hydrogen-bond acceptors (Lipinski definition) is 2. The lowest BCUT2D eigenvalue weighted by Gasteiger charge is -2.17. The summed E-state index contributed by atoms with van der Waals surface area (Å²) in [7, 11) is 0. The topological polar surface area (TPSA) is 15.3 Å². The predicted molar refractivity (Wildman–Crippen MR) is 78.0 cm³/mol. The number of hydrogen-bond donors (Lipinski definition) is 1. The lowest BCUT2D eigenvalue weighted by atomic mass is 10.1. The fourth-order valence-corrected chi connectivity index (χ4v) is 2.72. The molecule has 0 spiro atoms. The van der Waals surface area contributed by atoms with Gasteiger partial charge in [0.15, 0.2) is 0 Å². The van der Waals surface area contributed by atoms with Crippen molar-refractivity contribution in [2.75, 3.05) is 26.2 Å². The SMILES string of the molecule is CCCNC1CCN(CCc2ccccc2C)C1. The summed E-state index contributed by atoms with van der Waals surface area (Å²) < 4.78 is 0. The highest BCUT2D eigenvalue weighted by atomic mass is 15.2. The molecular weight excluding hydrogens is 220 g/mol. The number of aryl methyl sites for hydroxylation is 1. The van der Waals surface area contributed by atoms with Gasteiger partial charge < -0.3 is 10.2 Å². The molecule has 1 aromatic carbocycles. The van der Waals surface area contributed by atoms with Gasteiger partial charge in [-0.1, -0.05) is 31.2 Å². The van der Waals surface area contributed by atoms with E-state index in [-0.39, 0.29) is 0 Å². The molecule has 2 heteroatoms. The first-order valence-corrected chi connectivity index (χ1v) is 7.30. The Morgan fingerprint density at radius 2 is 2.17 bits per heavy atom. The van der Waals surface area contributed by atoms with E-state index in [1.165, 1.54) is 50.0 Å². The quantitative estimate of drug-likeness (QED) is 0.830. The Hall–Kier alpha value is -0.860. The fourth-order valence-electron chi connectivity index (χ4n) is 2.72. The van der Waals surface area contributed by atoms with Crippen molar-refractivity contribution in [3.8, 4) is 0 Å². The number of likely N-dealkylation sites (tertiary alicyclic amines) is 1. The Balaban J connectivity index is 1.74. The van der Waals surface area contributed by atoms with Gasteiger partial charge in [-0.3, -0.25) is 0 Å². The largest absolute Gasteiger partial charge is 0.313 e. The summed E-state index contributed by atoms with van der Waals surface area (Å²) in [5.41, 5.74) is 2.93. The Morgan fingerprint density at radius 1 is 1.33 bits per heavy atom. The van der Waals surface area contributed by atoms with E-state index < -0.39 is 0 Å². The summed E-state index contributed by atoms with van der Waals surface area (Å²) in [5, 5.41) is 3.63. The second-order valence-electron chi connectivity index (χ2n) is 5.42. The van der Waals surface area contributed by atoms with Crippen molar-refractivity contribution in [3.05, 3.63) is 35.4 Å². The smallest absolute Gasteiger partial charge is 0.0207 e. The van der Waals surface area contributed by atoms with Gasteiger partial charge in [0.1, 0.15) is 0 Å². The highest BCUT2D eigenvalue weighted by molar-refractivity contribution is 5.25. The average molecular weight is 246 g/mol. The predicted octanol–water partition coefficient (Wildman–Crippen LogP) is 2.61. The molecule has 2 rings (SSSR count). The van der Waals surface area contributed by atoms with E-state index in [0.717, 1.165) is 12.6 Å². The Kier molecular flexibility index (Phi) is 5.21. The zero-order valence-electron chi connectivity index (χ0n) is 11.8. The molecule has 0 saturated carbocycles. The third kappa shape index (κ3) is 3.82. The molecule has 0 radical (unpaired) electrons. The Morgan fingerprint density at radius 3 is 2.94 bits per heavy atom. The highest BCUT2D eigenvalue weighted by Crippen LogP contribution is 2.12. The van der Waals surface area contributed by atoms with Crippen LogP contribution >= 0.6 is 0 Å². The van der Waals surface area contributed by atoms with Gasteiger partial charge >= 0.3 is 0 Å². The minimum absolute atomic E-state index is 0.724. The van der Waals surface area contributed by atoms with Gasteiger partial charge in [0.2, 0.25) is 0 Å². The van der Waals surface area contributed by atoms with Gasteiger partial charge in [-0.15, -0.1) is 0 Å². The van der Waals surface area contributed by atoms with Crippen LogP contribution in [0, 0.1) is 6.92 Å². The van der Waals surface area contributed by atoms with Crippen molar-refractivity contribution in [1.82, 2.24) is 10.2 Å². The normalized spacial score (nSPS) is 20.4. The summed E-state index contributed by atoms with van der Waals surface area (Å²) in [5.74, 6) is 0. The molecule has 1 saturated heterocycles. The molecule has 1 N–H and O–H groups in total. The summed E-state index contributed by atoms with van der Waals surface area (Å²) in [4.78, 5) is 2.60. The van der Waals surface area contributed by atoms with E-state index in [1.54, 1.807) is 0 Å². The van der Waals surface area contributed by atoms with Gasteiger partial charge in [0.05, 0.1) is 0 Å². The summed E-state index contributed by atoms with van der Waals surface area (Å²) >= 11 is 0. The lowest BCUT2D eigenvalue weighted by molar-refractivity contribution is 0.331. The van der Waals surface area contributed by atoms with Crippen LogP contribution in [0.1, 0.15) is 30.9 Å². The molecule has 0 aromatic heterocycles. The standard InChI is InChI=1S/C16H26N2/c1-3-10-17-16-9-12-18(13-16)11-8-15-7-5-4-6-14(15)2/h4-7,16-17H,3,8-13H2,1-2H3. The number of nitrogens with one attached hydrogen (secondary N) is 1.